The largest absolute Gasteiger partial charge is 0.326 e. The second-order valence-corrected chi connectivity index (χ2v) is 5.33. The van der Waals surface area contributed by atoms with Gasteiger partial charge in [0.25, 0.3) is 5.91 Å². The maximum Gasteiger partial charge on any atom is 0.260 e. The van der Waals surface area contributed by atoms with Crippen LogP contribution in [0.3, 0.4) is 0 Å². The third-order valence-corrected chi connectivity index (χ3v) is 3.34. The molecule has 4 nitrogen and oxygen atoms in total. The molecule has 0 radical (unpaired) electrons. The van der Waals surface area contributed by atoms with Gasteiger partial charge in [0.1, 0.15) is 0 Å². The zero-order valence-electron chi connectivity index (χ0n) is 12.7. The summed E-state index contributed by atoms with van der Waals surface area (Å²) >= 11 is 0. The van der Waals surface area contributed by atoms with Gasteiger partial charge < -0.3 is 10.6 Å². The van der Waals surface area contributed by atoms with Gasteiger partial charge in [0, 0.05) is 30.2 Å². The SMILES string of the molecule is Cc1ccc(C(=O)N(c2ccc(CN)cc2)C(C)C)cn1. The molecule has 0 aliphatic heterocycles. The molecule has 4 heteroatoms. The molecule has 0 fully saturated rings. The summed E-state index contributed by atoms with van der Waals surface area (Å²) in [5.41, 5.74) is 9.02. The van der Waals surface area contributed by atoms with Crippen LogP contribution < -0.4 is 10.6 Å². The highest BCUT2D eigenvalue weighted by molar-refractivity contribution is 6.06. The molecule has 2 N–H and O–H groups in total. The zero-order chi connectivity index (χ0) is 15.4. The summed E-state index contributed by atoms with van der Waals surface area (Å²) in [6.07, 6.45) is 1.63. The summed E-state index contributed by atoms with van der Waals surface area (Å²) in [6, 6.07) is 11.5. The van der Waals surface area contributed by atoms with Crippen LogP contribution in [0.4, 0.5) is 5.69 Å². The van der Waals surface area contributed by atoms with Crippen LogP contribution in [0.25, 0.3) is 0 Å². The topological polar surface area (TPSA) is 59.2 Å². The number of carbonyl (C=O) groups excluding carboxylic acids is 1. The summed E-state index contributed by atoms with van der Waals surface area (Å²) in [4.78, 5) is 18.7. The van der Waals surface area contributed by atoms with E-state index in [1.807, 2.05) is 57.2 Å². The normalized spacial score (nSPS) is 10.7. The molecule has 0 saturated carbocycles. The van der Waals surface area contributed by atoms with Crippen molar-refractivity contribution in [3.63, 3.8) is 0 Å². The summed E-state index contributed by atoms with van der Waals surface area (Å²) in [5, 5.41) is 0. The van der Waals surface area contributed by atoms with Gasteiger partial charge in [-0.25, -0.2) is 0 Å². The molecule has 1 amide bonds. The number of hydrogen-bond acceptors (Lipinski definition) is 3. The number of rotatable bonds is 4. The van der Waals surface area contributed by atoms with Crippen molar-refractivity contribution >= 4 is 11.6 Å². The van der Waals surface area contributed by atoms with E-state index in [-0.39, 0.29) is 11.9 Å². The van der Waals surface area contributed by atoms with Gasteiger partial charge in [0.15, 0.2) is 0 Å². The quantitative estimate of drug-likeness (QED) is 0.938. The standard InChI is InChI=1S/C17H21N3O/c1-12(2)20(16-8-5-14(10-18)6-9-16)17(21)15-7-4-13(3)19-11-15/h4-9,11-12H,10,18H2,1-3H3. The number of pyridine rings is 1. The summed E-state index contributed by atoms with van der Waals surface area (Å²) in [7, 11) is 0. The van der Waals surface area contributed by atoms with E-state index < -0.39 is 0 Å². The highest BCUT2D eigenvalue weighted by Crippen LogP contribution is 2.20. The van der Waals surface area contributed by atoms with Crippen LogP contribution in [0.15, 0.2) is 42.6 Å². The fourth-order valence-electron chi connectivity index (χ4n) is 2.18. The summed E-state index contributed by atoms with van der Waals surface area (Å²) < 4.78 is 0. The van der Waals surface area contributed by atoms with Gasteiger partial charge in [0.2, 0.25) is 0 Å². The number of nitrogens with two attached hydrogens (primary N) is 1. The first-order chi connectivity index (χ1) is 10.0. The monoisotopic (exact) mass is 283 g/mol. The Morgan fingerprint density at radius 3 is 2.33 bits per heavy atom. The minimum atomic E-state index is -0.0435. The molecule has 2 aromatic rings. The Hall–Kier alpha value is -2.20. The molecule has 0 atom stereocenters. The number of anilines is 1. The van der Waals surface area contributed by atoms with Crippen molar-refractivity contribution < 1.29 is 4.79 Å². The fraction of sp³-hybridized carbons (Fsp3) is 0.294. The van der Waals surface area contributed by atoms with Crippen molar-refractivity contribution in [1.82, 2.24) is 4.98 Å². The van der Waals surface area contributed by atoms with Crippen LogP contribution in [-0.4, -0.2) is 16.9 Å². The Balaban J connectivity index is 2.33. The molecule has 110 valence electrons. The molecule has 1 heterocycles. The molecule has 1 aromatic heterocycles. The van der Waals surface area contributed by atoms with Crippen molar-refractivity contribution in [1.29, 1.82) is 0 Å². The predicted octanol–water partition coefficient (Wildman–Crippen LogP) is 2.90. The molecular weight excluding hydrogens is 262 g/mol. The van der Waals surface area contributed by atoms with E-state index in [0.29, 0.717) is 12.1 Å². The van der Waals surface area contributed by atoms with Gasteiger partial charge in [0.05, 0.1) is 5.56 Å². The molecule has 2 rings (SSSR count). The van der Waals surface area contributed by atoms with Gasteiger partial charge in [-0.05, 0) is 50.6 Å². The predicted molar refractivity (Wildman–Crippen MR) is 85.3 cm³/mol. The first-order valence-corrected chi connectivity index (χ1v) is 7.08. The Bertz CT molecular complexity index is 603. The number of aryl methyl sites for hydroxylation is 1. The van der Waals surface area contributed by atoms with Crippen LogP contribution in [0.1, 0.15) is 35.5 Å². The van der Waals surface area contributed by atoms with Gasteiger partial charge in [-0.2, -0.15) is 0 Å². The Kier molecular flexibility index (Phi) is 4.70. The highest BCUT2D eigenvalue weighted by Gasteiger charge is 2.20. The highest BCUT2D eigenvalue weighted by atomic mass is 16.2. The molecule has 0 aliphatic rings. The number of hydrogen-bond donors (Lipinski definition) is 1. The first-order valence-electron chi connectivity index (χ1n) is 7.08. The molecule has 1 aromatic carbocycles. The third kappa shape index (κ3) is 3.47. The zero-order valence-corrected chi connectivity index (χ0v) is 12.7. The molecule has 0 saturated heterocycles. The van der Waals surface area contributed by atoms with Crippen LogP contribution in [0, 0.1) is 6.92 Å². The summed E-state index contributed by atoms with van der Waals surface area (Å²) in [5.74, 6) is -0.0435. The van der Waals surface area contributed by atoms with E-state index in [4.69, 9.17) is 5.73 Å². The van der Waals surface area contributed by atoms with Crippen molar-refractivity contribution in [2.45, 2.75) is 33.4 Å². The Labute approximate surface area is 125 Å². The van der Waals surface area contributed by atoms with Crippen molar-refractivity contribution in [2.24, 2.45) is 5.73 Å². The molecule has 0 bridgehead atoms. The maximum absolute atomic E-state index is 12.7. The lowest BCUT2D eigenvalue weighted by Gasteiger charge is -2.27. The van der Waals surface area contributed by atoms with Crippen molar-refractivity contribution in [3.8, 4) is 0 Å². The van der Waals surface area contributed by atoms with E-state index in [0.717, 1.165) is 16.9 Å². The van der Waals surface area contributed by atoms with E-state index >= 15 is 0 Å². The van der Waals surface area contributed by atoms with Crippen LogP contribution in [0.2, 0.25) is 0 Å². The van der Waals surface area contributed by atoms with Gasteiger partial charge in [-0.1, -0.05) is 12.1 Å². The summed E-state index contributed by atoms with van der Waals surface area (Å²) in [6.45, 7) is 6.39. The second kappa shape index (κ2) is 6.50. The van der Waals surface area contributed by atoms with E-state index in [1.165, 1.54) is 0 Å². The lowest BCUT2D eigenvalue weighted by molar-refractivity contribution is 0.0980. The molecule has 0 aliphatic carbocycles. The lowest BCUT2D eigenvalue weighted by atomic mass is 10.1. The van der Waals surface area contributed by atoms with Crippen LogP contribution in [0.5, 0.6) is 0 Å². The van der Waals surface area contributed by atoms with Gasteiger partial charge >= 0.3 is 0 Å². The lowest BCUT2D eigenvalue weighted by Crippen LogP contribution is -2.37. The number of amides is 1. The Morgan fingerprint density at radius 2 is 1.86 bits per heavy atom. The number of aromatic nitrogens is 1. The number of carbonyl (C=O) groups is 1. The molecule has 21 heavy (non-hydrogen) atoms. The third-order valence-electron chi connectivity index (χ3n) is 3.34. The van der Waals surface area contributed by atoms with Crippen LogP contribution in [-0.2, 0) is 6.54 Å². The molecule has 0 unspecified atom stereocenters. The van der Waals surface area contributed by atoms with Crippen molar-refractivity contribution in [3.05, 3.63) is 59.4 Å². The first kappa shape index (κ1) is 15.2. The van der Waals surface area contributed by atoms with Gasteiger partial charge in [-0.3, -0.25) is 9.78 Å². The fourth-order valence-corrected chi connectivity index (χ4v) is 2.18. The van der Waals surface area contributed by atoms with Crippen molar-refractivity contribution in [2.75, 3.05) is 4.90 Å². The second-order valence-electron chi connectivity index (χ2n) is 5.33. The number of benzene rings is 1. The minimum absolute atomic E-state index is 0.0435. The number of nitrogens with zero attached hydrogens (tertiary/aromatic N) is 2. The van der Waals surface area contributed by atoms with E-state index in [9.17, 15) is 4.79 Å². The average Bonchev–Trinajstić information content (AvgIpc) is 2.48. The Morgan fingerprint density at radius 1 is 1.19 bits per heavy atom. The average molecular weight is 283 g/mol. The van der Waals surface area contributed by atoms with E-state index in [2.05, 4.69) is 4.98 Å². The molecular formula is C17H21N3O. The van der Waals surface area contributed by atoms with Gasteiger partial charge in [-0.15, -0.1) is 0 Å². The van der Waals surface area contributed by atoms with E-state index in [1.54, 1.807) is 11.1 Å². The maximum atomic E-state index is 12.7. The molecule has 0 spiro atoms. The smallest absolute Gasteiger partial charge is 0.260 e. The van der Waals surface area contributed by atoms with Crippen LogP contribution >= 0.6 is 0 Å². The minimum Gasteiger partial charge on any atom is -0.326 e.